The van der Waals surface area contributed by atoms with Gasteiger partial charge in [0.05, 0.1) is 12.0 Å². The lowest BCUT2D eigenvalue weighted by Crippen LogP contribution is -2.58. The van der Waals surface area contributed by atoms with Crippen molar-refractivity contribution in [2.24, 2.45) is 29.1 Å². The maximum absolute atomic E-state index is 12.1. The Morgan fingerprint density at radius 1 is 1.26 bits per heavy atom. The number of hydrogen-bond donors (Lipinski definition) is 1. The molecule has 0 unspecified atom stereocenters. The van der Waals surface area contributed by atoms with Crippen molar-refractivity contribution in [2.75, 3.05) is 0 Å². The van der Waals surface area contributed by atoms with Gasteiger partial charge in [-0.2, -0.15) is 0 Å². The van der Waals surface area contributed by atoms with Gasteiger partial charge < -0.3 is 9.84 Å². The lowest BCUT2D eigenvalue weighted by Gasteiger charge is -2.53. The predicted octanol–water partition coefficient (Wildman–Crippen LogP) is 1.55. The molecule has 3 fully saturated rings. The average Bonchev–Trinajstić information content (AvgIpc) is 2.63. The SMILES string of the molecule is C[C@@H]1C(=O)O[C@H]2[C@H]1CC[C@]1(C)[C@@H]2[C@@H](C)C(=O)C[C@H]1O. The molecule has 0 aromatic rings. The van der Waals surface area contributed by atoms with Crippen LogP contribution in [0.2, 0.25) is 0 Å². The minimum atomic E-state index is -0.600. The molecule has 2 saturated carbocycles. The van der Waals surface area contributed by atoms with Crippen LogP contribution in [-0.2, 0) is 14.3 Å². The minimum absolute atomic E-state index is 0.0311. The van der Waals surface area contributed by atoms with Crippen LogP contribution in [0.4, 0.5) is 0 Å². The van der Waals surface area contributed by atoms with Crippen LogP contribution in [0.5, 0.6) is 0 Å². The highest BCUT2D eigenvalue weighted by molar-refractivity contribution is 5.83. The molecule has 7 atom stereocenters. The van der Waals surface area contributed by atoms with Crippen molar-refractivity contribution in [3.05, 3.63) is 0 Å². The Labute approximate surface area is 113 Å². The van der Waals surface area contributed by atoms with Crippen molar-refractivity contribution >= 4 is 11.8 Å². The zero-order valence-electron chi connectivity index (χ0n) is 11.8. The number of fused-ring (bicyclic) bond motifs is 3. The summed E-state index contributed by atoms with van der Waals surface area (Å²) >= 11 is 0. The number of hydrogen-bond acceptors (Lipinski definition) is 4. The number of carbonyl (C=O) groups excluding carboxylic acids is 2. The first-order valence-electron chi connectivity index (χ1n) is 7.27. The first kappa shape index (κ1) is 13.1. The van der Waals surface area contributed by atoms with Crippen LogP contribution >= 0.6 is 0 Å². The molecule has 1 saturated heterocycles. The summed E-state index contributed by atoms with van der Waals surface area (Å²) in [6, 6.07) is 0. The van der Waals surface area contributed by atoms with E-state index >= 15 is 0 Å². The van der Waals surface area contributed by atoms with Gasteiger partial charge in [-0.05, 0) is 12.8 Å². The van der Waals surface area contributed by atoms with Crippen molar-refractivity contribution in [3.63, 3.8) is 0 Å². The topological polar surface area (TPSA) is 63.6 Å². The molecule has 19 heavy (non-hydrogen) atoms. The van der Waals surface area contributed by atoms with Crippen molar-refractivity contribution in [1.82, 2.24) is 0 Å². The van der Waals surface area contributed by atoms with Crippen molar-refractivity contribution in [3.8, 4) is 0 Å². The molecular formula is C15H22O4. The van der Waals surface area contributed by atoms with Crippen molar-refractivity contribution in [1.29, 1.82) is 0 Å². The Morgan fingerprint density at radius 3 is 2.63 bits per heavy atom. The molecule has 0 aromatic carbocycles. The summed E-state index contributed by atoms with van der Waals surface area (Å²) in [7, 11) is 0. The maximum atomic E-state index is 12.1. The molecule has 0 radical (unpaired) electrons. The van der Waals surface area contributed by atoms with Gasteiger partial charge in [0.1, 0.15) is 11.9 Å². The summed E-state index contributed by atoms with van der Waals surface area (Å²) in [5.41, 5.74) is -0.293. The maximum Gasteiger partial charge on any atom is 0.309 e. The number of ketones is 1. The van der Waals surface area contributed by atoms with Gasteiger partial charge in [-0.1, -0.05) is 20.8 Å². The molecule has 106 valence electrons. The largest absolute Gasteiger partial charge is 0.461 e. The van der Waals surface area contributed by atoms with Crippen LogP contribution in [0.15, 0.2) is 0 Å². The fourth-order valence-corrected chi connectivity index (χ4v) is 4.62. The van der Waals surface area contributed by atoms with E-state index in [0.717, 1.165) is 12.8 Å². The van der Waals surface area contributed by atoms with Gasteiger partial charge >= 0.3 is 5.97 Å². The predicted molar refractivity (Wildman–Crippen MR) is 68.2 cm³/mol. The number of aliphatic hydroxyl groups excluding tert-OH is 1. The second kappa shape index (κ2) is 4.05. The minimum Gasteiger partial charge on any atom is -0.461 e. The van der Waals surface area contributed by atoms with Crippen LogP contribution < -0.4 is 0 Å². The number of aliphatic hydroxyl groups is 1. The van der Waals surface area contributed by atoms with Crippen LogP contribution in [-0.4, -0.2) is 29.1 Å². The van der Waals surface area contributed by atoms with Gasteiger partial charge in [0.15, 0.2) is 0 Å². The summed E-state index contributed by atoms with van der Waals surface area (Å²) in [6.45, 7) is 5.90. The highest BCUT2D eigenvalue weighted by Crippen LogP contribution is 2.56. The van der Waals surface area contributed by atoms with Gasteiger partial charge in [0.2, 0.25) is 0 Å². The van der Waals surface area contributed by atoms with Gasteiger partial charge in [-0.3, -0.25) is 9.59 Å². The lowest BCUT2D eigenvalue weighted by atomic mass is 9.52. The molecule has 1 heterocycles. The normalized spacial score (nSPS) is 53.5. The summed E-state index contributed by atoms with van der Waals surface area (Å²) in [5.74, 6) is -0.0528. The summed E-state index contributed by atoms with van der Waals surface area (Å²) in [4.78, 5) is 23.9. The van der Waals surface area contributed by atoms with E-state index < -0.39 is 6.10 Å². The van der Waals surface area contributed by atoms with Gasteiger partial charge in [-0.15, -0.1) is 0 Å². The molecule has 0 bridgehead atoms. The molecule has 2 aliphatic carbocycles. The van der Waals surface area contributed by atoms with Gasteiger partial charge in [-0.25, -0.2) is 0 Å². The first-order chi connectivity index (χ1) is 8.86. The van der Waals surface area contributed by atoms with E-state index in [1.807, 2.05) is 13.8 Å². The van der Waals surface area contributed by atoms with E-state index in [-0.39, 0.29) is 53.4 Å². The van der Waals surface area contributed by atoms with Crippen LogP contribution in [0.1, 0.15) is 40.0 Å². The molecule has 0 aromatic heterocycles. The van der Waals surface area contributed by atoms with Crippen LogP contribution in [0.25, 0.3) is 0 Å². The van der Waals surface area contributed by atoms with E-state index in [2.05, 4.69) is 6.92 Å². The quantitative estimate of drug-likeness (QED) is 0.676. The second-order valence-corrected chi connectivity index (χ2v) is 6.90. The molecule has 4 heteroatoms. The Kier molecular flexibility index (Phi) is 2.79. The van der Waals surface area contributed by atoms with E-state index in [4.69, 9.17) is 4.74 Å². The van der Waals surface area contributed by atoms with E-state index in [1.165, 1.54) is 0 Å². The highest BCUT2D eigenvalue weighted by atomic mass is 16.6. The van der Waals surface area contributed by atoms with Crippen LogP contribution in [0.3, 0.4) is 0 Å². The van der Waals surface area contributed by atoms with Crippen LogP contribution in [0, 0.1) is 29.1 Å². The Hall–Kier alpha value is -0.900. The summed E-state index contributed by atoms with van der Waals surface area (Å²) in [6.07, 6.45) is 1.24. The third kappa shape index (κ3) is 1.62. The molecular weight excluding hydrogens is 244 g/mol. The molecule has 1 aliphatic heterocycles. The Bertz CT molecular complexity index is 432. The molecule has 1 N–H and O–H groups in total. The van der Waals surface area contributed by atoms with Crippen molar-refractivity contribution < 1.29 is 19.4 Å². The molecule has 0 amide bonds. The third-order valence-corrected chi connectivity index (χ3v) is 6.02. The first-order valence-corrected chi connectivity index (χ1v) is 7.27. The third-order valence-electron chi connectivity index (χ3n) is 6.02. The highest BCUT2D eigenvalue weighted by Gasteiger charge is 2.61. The number of Topliss-reactive ketones (excluding diaryl/α,β-unsaturated/α-hetero) is 1. The Balaban J connectivity index is 1.99. The lowest BCUT2D eigenvalue weighted by molar-refractivity contribution is -0.173. The molecule has 3 rings (SSSR count). The number of ether oxygens (including phenoxy) is 1. The van der Waals surface area contributed by atoms with Gasteiger partial charge in [0.25, 0.3) is 0 Å². The van der Waals surface area contributed by atoms with E-state index in [9.17, 15) is 14.7 Å². The molecule has 0 spiro atoms. The van der Waals surface area contributed by atoms with Crippen molar-refractivity contribution in [2.45, 2.75) is 52.2 Å². The molecule has 3 aliphatic rings. The second-order valence-electron chi connectivity index (χ2n) is 6.90. The summed E-state index contributed by atoms with van der Waals surface area (Å²) in [5, 5.41) is 10.3. The zero-order chi connectivity index (χ0) is 13.9. The smallest absolute Gasteiger partial charge is 0.309 e. The number of rotatable bonds is 0. The monoisotopic (exact) mass is 266 g/mol. The fourth-order valence-electron chi connectivity index (χ4n) is 4.62. The summed E-state index contributed by atoms with van der Waals surface area (Å²) < 4.78 is 5.58. The average molecular weight is 266 g/mol. The number of carbonyl (C=O) groups is 2. The van der Waals surface area contributed by atoms with E-state index in [1.54, 1.807) is 0 Å². The molecule has 4 nitrogen and oxygen atoms in total. The fraction of sp³-hybridized carbons (Fsp3) is 0.867. The zero-order valence-corrected chi connectivity index (χ0v) is 11.8. The number of esters is 1. The van der Waals surface area contributed by atoms with E-state index in [0.29, 0.717) is 0 Å². The van der Waals surface area contributed by atoms with Gasteiger partial charge in [0, 0.05) is 29.6 Å². The standard InChI is InChI=1S/C15H22O4/c1-7-9-4-5-15(3)11(17)6-10(16)8(2)12(15)13(9)19-14(7)18/h7-9,11-13,17H,4-6H2,1-3H3/t7-,8-,9-,11+,12+,13-,15-/m0/s1. The Morgan fingerprint density at radius 2 is 1.95 bits per heavy atom.